The predicted octanol–water partition coefficient (Wildman–Crippen LogP) is 4.67. The van der Waals surface area contributed by atoms with Crippen LogP contribution in [0.25, 0.3) is 0 Å². The third-order valence-corrected chi connectivity index (χ3v) is 8.94. The summed E-state index contributed by atoms with van der Waals surface area (Å²) >= 11 is 7.29. The second-order valence-electron chi connectivity index (χ2n) is 7.48. The molecular weight excluding hydrogens is 468 g/mol. The third-order valence-electron chi connectivity index (χ3n) is 5.43. The fraction of sp³-hybridized carbons (Fsp3) is 0.217. The van der Waals surface area contributed by atoms with Gasteiger partial charge in [0.05, 0.1) is 5.69 Å². The number of carbonyl (C=O) groups is 2. The summed E-state index contributed by atoms with van der Waals surface area (Å²) in [6.45, 7) is 0.545. The Labute approximate surface area is 195 Å². The number of hydrogen-bond donors (Lipinski definition) is 1. The quantitative estimate of drug-likeness (QED) is 0.511. The van der Waals surface area contributed by atoms with Crippen LogP contribution in [0.2, 0.25) is 5.02 Å². The van der Waals surface area contributed by atoms with Crippen LogP contribution in [0, 0.1) is 5.92 Å². The number of anilines is 1. The number of sulfonamides is 1. The molecule has 1 fully saturated rings. The Morgan fingerprint density at radius 2 is 1.72 bits per heavy atom. The zero-order chi connectivity index (χ0) is 22.7. The van der Waals surface area contributed by atoms with E-state index in [2.05, 4.69) is 5.32 Å². The van der Waals surface area contributed by atoms with E-state index in [-0.39, 0.29) is 30.7 Å². The molecule has 1 aromatic heterocycles. The Morgan fingerprint density at radius 3 is 2.38 bits per heavy atom. The number of nitrogens with one attached hydrogen (secondary N) is 1. The highest BCUT2D eigenvalue weighted by molar-refractivity contribution is 7.91. The summed E-state index contributed by atoms with van der Waals surface area (Å²) in [5.74, 6) is -0.817. The van der Waals surface area contributed by atoms with Crippen molar-refractivity contribution >= 4 is 50.3 Å². The van der Waals surface area contributed by atoms with Gasteiger partial charge in [0.25, 0.3) is 10.0 Å². The van der Waals surface area contributed by atoms with Crippen LogP contribution in [-0.2, 0) is 14.8 Å². The lowest BCUT2D eigenvalue weighted by Gasteiger charge is -2.30. The summed E-state index contributed by atoms with van der Waals surface area (Å²) in [7, 11) is -3.52. The highest BCUT2D eigenvalue weighted by Gasteiger charge is 2.33. The molecule has 3 aromatic rings. The topological polar surface area (TPSA) is 83.6 Å². The van der Waals surface area contributed by atoms with Gasteiger partial charge in [0.1, 0.15) is 4.21 Å². The number of ketones is 1. The largest absolute Gasteiger partial charge is 0.325 e. The smallest absolute Gasteiger partial charge is 0.252 e. The van der Waals surface area contributed by atoms with Crippen molar-refractivity contribution in [3.05, 3.63) is 82.2 Å². The molecule has 0 spiro atoms. The zero-order valence-corrected chi connectivity index (χ0v) is 19.4. The van der Waals surface area contributed by atoms with Crippen LogP contribution in [-0.4, -0.2) is 37.5 Å². The molecule has 2 heterocycles. The monoisotopic (exact) mass is 488 g/mol. The van der Waals surface area contributed by atoms with Gasteiger partial charge in [-0.25, -0.2) is 8.42 Å². The Bertz CT molecular complexity index is 1220. The summed E-state index contributed by atoms with van der Waals surface area (Å²) in [6.07, 6.45) is 0.817. The van der Waals surface area contributed by atoms with Crippen LogP contribution in [0.3, 0.4) is 0 Å². The van der Waals surface area contributed by atoms with Crippen LogP contribution in [0.15, 0.2) is 70.3 Å². The molecular formula is C23H21ClN2O4S2. The van der Waals surface area contributed by atoms with Gasteiger partial charge in [0.15, 0.2) is 5.78 Å². The third kappa shape index (κ3) is 4.78. The zero-order valence-electron chi connectivity index (χ0n) is 17.0. The van der Waals surface area contributed by atoms with Crippen LogP contribution in [0.1, 0.15) is 28.8 Å². The molecule has 0 unspecified atom stereocenters. The minimum absolute atomic E-state index is 0.234. The molecule has 0 atom stereocenters. The van der Waals surface area contributed by atoms with Gasteiger partial charge in [-0.05, 0) is 42.5 Å². The average Bonchev–Trinajstić information content (AvgIpc) is 3.36. The predicted molar refractivity (Wildman–Crippen MR) is 126 cm³/mol. The van der Waals surface area contributed by atoms with Crippen molar-refractivity contribution < 1.29 is 18.0 Å². The maximum Gasteiger partial charge on any atom is 0.252 e. The molecule has 1 N–H and O–H groups in total. The first-order chi connectivity index (χ1) is 15.4. The molecule has 9 heteroatoms. The Morgan fingerprint density at radius 1 is 1.00 bits per heavy atom. The van der Waals surface area contributed by atoms with Gasteiger partial charge in [-0.1, -0.05) is 48.0 Å². The fourth-order valence-electron chi connectivity index (χ4n) is 3.69. The molecule has 4 rings (SSSR count). The van der Waals surface area contributed by atoms with E-state index in [1.54, 1.807) is 60.0 Å². The Kier molecular flexibility index (Phi) is 6.76. The van der Waals surface area contributed by atoms with Gasteiger partial charge in [-0.3, -0.25) is 9.59 Å². The second-order valence-corrected chi connectivity index (χ2v) is 11.0. The molecule has 32 heavy (non-hydrogen) atoms. The van der Waals surface area contributed by atoms with Crippen molar-refractivity contribution in [1.82, 2.24) is 4.31 Å². The number of piperidine rings is 1. The minimum Gasteiger partial charge on any atom is -0.325 e. The number of rotatable bonds is 6. The number of amides is 1. The van der Waals surface area contributed by atoms with Crippen LogP contribution < -0.4 is 5.32 Å². The fourth-order valence-corrected chi connectivity index (χ4v) is 6.48. The second kappa shape index (κ2) is 9.54. The van der Waals surface area contributed by atoms with E-state index < -0.39 is 10.0 Å². The highest BCUT2D eigenvalue weighted by Crippen LogP contribution is 2.28. The molecule has 1 aliphatic rings. The van der Waals surface area contributed by atoms with E-state index in [1.807, 2.05) is 6.07 Å². The maximum absolute atomic E-state index is 13.0. The Balaban J connectivity index is 1.46. The number of nitrogens with zero attached hydrogens (tertiary/aromatic N) is 1. The molecule has 2 aromatic carbocycles. The van der Waals surface area contributed by atoms with Gasteiger partial charge in [0, 0.05) is 35.2 Å². The van der Waals surface area contributed by atoms with E-state index in [9.17, 15) is 18.0 Å². The van der Waals surface area contributed by atoms with Crippen molar-refractivity contribution in [1.29, 1.82) is 0 Å². The number of hydrogen-bond acceptors (Lipinski definition) is 5. The normalized spacial score (nSPS) is 15.4. The van der Waals surface area contributed by atoms with Crippen LogP contribution in [0.5, 0.6) is 0 Å². The van der Waals surface area contributed by atoms with Crippen molar-refractivity contribution in [2.24, 2.45) is 5.92 Å². The van der Waals surface area contributed by atoms with Crippen LogP contribution in [0.4, 0.5) is 5.69 Å². The molecule has 1 aliphatic heterocycles. The van der Waals surface area contributed by atoms with Gasteiger partial charge in [0.2, 0.25) is 5.91 Å². The van der Waals surface area contributed by atoms with Crippen molar-refractivity contribution in [3.8, 4) is 0 Å². The SMILES string of the molecule is O=C(c1ccccc1)c1cc(Cl)ccc1NC(=O)C1CCN(S(=O)(=O)c2cccs2)CC1. The van der Waals surface area contributed by atoms with E-state index in [1.165, 1.54) is 15.6 Å². The van der Waals surface area contributed by atoms with E-state index in [0.717, 1.165) is 0 Å². The van der Waals surface area contributed by atoms with Crippen molar-refractivity contribution in [2.75, 3.05) is 18.4 Å². The lowest BCUT2D eigenvalue weighted by atomic mass is 9.96. The lowest BCUT2D eigenvalue weighted by molar-refractivity contribution is -0.120. The van der Waals surface area contributed by atoms with E-state index in [0.29, 0.717) is 38.9 Å². The first kappa shape index (κ1) is 22.7. The van der Waals surface area contributed by atoms with Gasteiger partial charge in [-0.2, -0.15) is 4.31 Å². The van der Waals surface area contributed by atoms with Crippen molar-refractivity contribution in [3.63, 3.8) is 0 Å². The molecule has 0 aliphatic carbocycles. The first-order valence-electron chi connectivity index (χ1n) is 10.1. The average molecular weight is 489 g/mol. The molecule has 1 saturated heterocycles. The minimum atomic E-state index is -3.52. The van der Waals surface area contributed by atoms with E-state index >= 15 is 0 Å². The highest BCUT2D eigenvalue weighted by atomic mass is 35.5. The first-order valence-corrected chi connectivity index (χ1v) is 12.8. The number of carbonyl (C=O) groups excluding carboxylic acids is 2. The number of halogens is 1. The molecule has 166 valence electrons. The molecule has 1 amide bonds. The number of thiophene rings is 1. The number of benzene rings is 2. The molecule has 0 bridgehead atoms. The summed E-state index contributed by atoms with van der Waals surface area (Å²) in [5, 5.41) is 4.98. The van der Waals surface area contributed by atoms with Gasteiger partial charge >= 0.3 is 0 Å². The molecule has 0 saturated carbocycles. The molecule has 0 radical (unpaired) electrons. The van der Waals surface area contributed by atoms with Crippen molar-refractivity contribution in [2.45, 2.75) is 17.1 Å². The summed E-state index contributed by atoms with van der Waals surface area (Å²) in [4.78, 5) is 25.9. The maximum atomic E-state index is 13.0. The van der Waals surface area contributed by atoms with Gasteiger partial charge in [-0.15, -0.1) is 11.3 Å². The van der Waals surface area contributed by atoms with E-state index in [4.69, 9.17) is 11.6 Å². The van der Waals surface area contributed by atoms with Crippen LogP contribution >= 0.6 is 22.9 Å². The summed E-state index contributed by atoms with van der Waals surface area (Å²) in [6, 6.07) is 16.9. The Hall–Kier alpha value is -2.52. The summed E-state index contributed by atoms with van der Waals surface area (Å²) < 4.78 is 27.1. The summed E-state index contributed by atoms with van der Waals surface area (Å²) in [5.41, 5.74) is 1.20. The lowest BCUT2D eigenvalue weighted by Crippen LogP contribution is -2.41. The standard InChI is InChI=1S/C23H21ClN2O4S2/c24-18-8-9-20(19(15-18)22(27)16-5-2-1-3-6-16)25-23(28)17-10-12-26(13-11-17)32(29,30)21-7-4-14-31-21/h1-9,14-15,17H,10-13H2,(H,25,28). The molecule has 6 nitrogen and oxygen atoms in total. The van der Waals surface area contributed by atoms with Gasteiger partial charge < -0.3 is 5.32 Å².